The molecule has 1 aromatic rings. The van der Waals surface area contributed by atoms with Crippen LogP contribution >= 0.6 is 0 Å². The van der Waals surface area contributed by atoms with Gasteiger partial charge >= 0.3 is 5.97 Å². The molecule has 1 aliphatic rings. The van der Waals surface area contributed by atoms with E-state index in [9.17, 15) is 9.59 Å². The molecule has 1 amide bonds. The van der Waals surface area contributed by atoms with E-state index in [0.29, 0.717) is 32.1 Å². The van der Waals surface area contributed by atoms with Crippen molar-refractivity contribution in [2.75, 3.05) is 31.1 Å². The van der Waals surface area contributed by atoms with Gasteiger partial charge in [-0.25, -0.2) is 9.97 Å². The molecule has 0 aromatic carbocycles. The number of amides is 1. The fourth-order valence-electron chi connectivity index (χ4n) is 2.30. The van der Waals surface area contributed by atoms with E-state index in [1.54, 1.807) is 37.2 Å². The third-order valence-corrected chi connectivity index (χ3v) is 3.96. The Balaban J connectivity index is 1.92. The van der Waals surface area contributed by atoms with Gasteiger partial charge in [0.1, 0.15) is 0 Å². The topological polar surface area (TPSA) is 86.6 Å². The molecule has 1 aliphatic heterocycles. The fraction of sp³-hybridized carbons (Fsp3) is 0.571. The molecule has 1 aromatic heterocycles. The number of rotatable bonds is 4. The van der Waals surface area contributed by atoms with Crippen LogP contribution in [0.5, 0.6) is 0 Å². The van der Waals surface area contributed by atoms with E-state index in [1.807, 2.05) is 4.90 Å². The first-order valence-electron chi connectivity index (χ1n) is 7.04. The molecule has 2 atom stereocenters. The molecule has 2 heterocycles. The molecule has 0 saturated carbocycles. The summed E-state index contributed by atoms with van der Waals surface area (Å²) in [6, 6.07) is 1.76. The number of piperazine rings is 1. The molecule has 114 valence electrons. The minimum atomic E-state index is -0.938. The van der Waals surface area contributed by atoms with Gasteiger partial charge in [0.15, 0.2) is 0 Å². The summed E-state index contributed by atoms with van der Waals surface area (Å²) >= 11 is 0. The summed E-state index contributed by atoms with van der Waals surface area (Å²) in [6.45, 7) is 5.68. The largest absolute Gasteiger partial charge is 0.481 e. The maximum atomic E-state index is 12.3. The maximum Gasteiger partial charge on any atom is 0.307 e. The summed E-state index contributed by atoms with van der Waals surface area (Å²) in [7, 11) is 0. The predicted molar refractivity (Wildman–Crippen MR) is 76.8 cm³/mol. The number of aliphatic carboxylic acids is 1. The Kier molecular flexibility index (Phi) is 4.72. The van der Waals surface area contributed by atoms with Gasteiger partial charge in [-0.1, -0.05) is 13.8 Å². The van der Waals surface area contributed by atoms with Crippen molar-refractivity contribution in [2.45, 2.75) is 13.8 Å². The van der Waals surface area contributed by atoms with Crippen molar-refractivity contribution in [3.05, 3.63) is 18.5 Å². The molecule has 7 heteroatoms. The normalized spacial score (nSPS) is 18.2. The summed E-state index contributed by atoms with van der Waals surface area (Å²) in [6.07, 6.45) is 3.38. The van der Waals surface area contributed by atoms with E-state index >= 15 is 0 Å². The molecule has 0 bridgehead atoms. The van der Waals surface area contributed by atoms with Gasteiger partial charge in [0.2, 0.25) is 11.9 Å². The van der Waals surface area contributed by atoms with Crippen molar-refractivity contribution in [2.24, 2.45) is 11.8 Å². The predicted octanol–water partition coefficient (Wildman–Crippen LogP) is 0.482. The SMILES string of the molecule is CC(C(=O)O)C(C)C(=O)N1CCN(c2ncccn2)CC1. The minimum Gasteiger partial charge on any atom is -0.481 e. The second kappa shape index (κ2) is 6.51. The number of carbonyl (C=O) groups is 2. The lowest BCUT2D eigenvalue weighted by molar-refractivity contribution is -0.149. The van der Waals surface area contributed by atoms with Gasteiger partial charge in [-0.15, -0.1) is 0 Å². The zero-order chi connectivity index (χ0) is 15.4. The smallest absolute Gasteiger partial charge is 0.307 e. The average Bonchev–Trinajstić information content (AvgIpc) is 2.53. The van der Waals surface area contributed by atoms with E-state index < -0.39 is 17.8 Å². The molecule has 21 heavy (non-hydrogen) atoms. The van der Waals surface area contributed by atoms with Crippen LogP contribution in [0.2, 0.25) is 0 Å². The molecule has 0 spiro atoms. The number of hydrogen-bond donors (Lipinski definition) is 1. The highest BCUT2D eigenvalue weighted by atomic mass is 16.4. The van der Waals surface area contributed by atoms with Crippen LogP contribution in [0.25, 0.3) is 0 Å². The Morgan fingerprint density at radius 2 is 1.67 bits per heavy atom. The second-order valence-corrected chi connectivity index (χ2v) is 5.28. The van der Waals surface area contributed by atoms with Crippen LogP contribution in [-0.4, -0.2) is 58.0 Å². The highest BCUT2D eigenvalue weighted by Crippen LogP contribution is 2.17. The van der Waals surface area contributed by atoms with Crippen LogP contribution in [0.3, 0.4) is 0 Å². The van der Waals surface area contributed by atoms with Gasteiger partial charge in [0, 0.05) is 44.5 Å². The zero-order valence-electron chi connectivity index (χ0n) is 12.3. The molecule has 2 rings (SSSR count). The molecule has 2 unspecified atom stereocenters. The van der Waals surface area contributed by atoms with Gasteiger partial charge in [-0.2, -0.15) is 0 Å². The summed E-state index contributed by atoms with van der Waals surface area (Å²) < 4.78 is 0. The molecule has 7 nitrogen and oxygen atoms in total. The van der Waals surface area contributed by atoms with Gasteiger partial charge in [0.05, 0.1) is 5.92 Å². The number of carboxylic acids is 1. The van der Waals surface area contributed by atoms with Gasteiger partial charge in [-0.05, 0) is 6.07 Å². The summed E-state index contributed by atoms with van der Waals surface area (Å²) in [5.74, 6) is -1.56. The average molecular weight is 292 g/mol. The lowest BCUT2D eigenvalue weighted by atomic mass is 9.94. The van der Waals surface area contributed by atoms with E-state index in [0.717, 1.165) is 0 Å². The maximum absolute atomic E-state index is 12.3. The lowest BCUT2D eigenvalue weighted by Crippen LogP contribution is -2.51. The minimum absolute atomic E-state index is 0.0986. The number of hydrogen-bond acceptors (Lipinski definition) is 5. The molecule has 1 fully saturated rings. The first-order valence-corrected chi connectivity index (χ1v) is 7.04. The number of carboxylic acid groups (broad SMARTS) is 1. The number of aromatic nitrogens is 2. The van der Waals surface area contributed by atoms with Crippen molar-refractivity contribution < 1.29 is 14.7 Å². The van der Waals surface area contributed by atoms with Crippen molar-refractivity contribution in [3.8, 4) is 0 Å². The molecule has 0 radical (unpaired) electrons. The Hall–Kier alpha value is -2.18. The molecule has 1 N–H and O–H groups in total. The molecular formula is C14H20N4O3. The number of carbonyl (C=O) groups excluding carboxylic acids is 1. The summed E-state index contributed by atoms with van der Waals surface area (Å²) in [5, 5.41) is 8.99. The van der Waals surface area contributed by atoms with Crippen LogP contribution in [0.4, 0.5) is 5.95 Å². The Morgan fingerprint density at radius 3 is 2.19 bits per heavy atom. The van der Waals surface area contributed by atoms with Gasteiger partial charge < -0.3 is 14.9 Å². The van der Waals surface area contributed by atoms with Crippen LogP contribution in [0, 0.1) is 11.8 Å². The third kappa shape index (κ3) is 3.48. The van der Waals surface area contributed by atoms with Crippen LogP contribution in [-0.2, 0) is 9.59 Å². The van der Waals surface area contributed by atoms with E-state index in [1.165, 1.54) is 0 Å². The van der Waals surface area contributed by atoms with E-state index in [4.69, 9.17) is 5.11 Å². The van der Waals surface area contributed by atoms with Gasteiger partial charge in [0.25, 0.3) is 0 Å². The number of anilines is 1. The Bertz CT molecular complexity index is 500. The molecular weight excluding hydrogens is 272 g/mol. The zero-order valence-corrected chi connectivity index (χ0v) is 12.3. The Labute approximate surface area is 123 Å². The quantitative estimate of drug-likeness (QED) is 0.868. The fourth-order valence-corrected chi connectivity index (χ4v) is 2.30. The Morgan fingerprint density at radius 1 is 1.10 bits per heavy atom. The standard InChI is InChI=1S/C14H20N4O3/c1-10(11(2)13(20)21)12(19)17-6-8-18(9-7-17)14-15-4-3-5-16-14/h3-5,10-11H,6-9H2,1-2H3,(H,20,21). The second-order valence-electron chi connectivity index (χ2n) is 5.28. The van der Waals surface area contributed by atoms with Crippen molar-refractivity contribution >= 4 is 17.8 Å². The van der Waals surface area contributed by atoms with Crippen LogP contribution in [0.1, 0.15) is 13.8 Å². The monoisotopic (exact) mass is 292 g/mol. The van der Waals surface area contributed by atoms with Crippen molar-refractivity contribution in [3.63, 3.8) is 0 Å². The highest BCUT2D eigenvalue weighted by Gasteiger charge is 2.31. The first kappa shape index (κ1) is 15.2. The first-order chi connectivity index (χ1) is 10.0. The number of nitrogens with zero attached hydrogens (tertiary/aromatic N) is 4. The van der Waals surface area contributed by atoms with Crippen molar-refractivity contribution in [1.82, 2.24) is 14.9 Å². The van der Waals surface area contributed by atoms with E-state index in [2.05, 4.69) is 9.97 Å². The van der Waals surface area contributed by atoms with E-state index in [-0.39, 0.29) is 5.91 Å². The van der Waals surface area contributed by atoms with Crippen LogP contribution in [0.15, 0.2) is 18.5 Å². The van der Waals surface area contributed by atoms with Crippen molar-refractivity contribution in [1.29, 1.82) is 0 Å². The highest BCUT2D eigenvalue weighted by molar-refractivity contribution is 5.84. The summed E-state index contributed by atoms with van der Waals surface area (Å²) in [5.41, 5.74) is 0. The summed E-state index contributed by atoms with van der Waals surface area (Å²) in [4.78, 5) is 35.4. The molecule has 1 saturated heterocycles. The lowest BCUT2D eigenvalue weighted by Gasteiger charge is -2.36. The van der Waals surface area contributed by atoms with Crippen LogP contribution < -0.4 is 4.90 Å². The molecule has 0 aliphatic carbocycles. The van der Waals surface area contributed by atoms with Gasteiger partial charge in [-0.3, -0.25) is 9.59 Å². The third-order valence-electron chi connectivity index (χ3n) is 3.96.